The minimum Gasteiger partial charge on any atom is -0.383 e. The van der Waals surface area contributed by atoms with Gasteiger partial charge in [0.15, 0.2) is 5.82 Å². The van der Waals surface area contributed by atoms with E-state index in [0.717, 1.165) is 17.7 Å². The van der Waals surface area contributed by atoms with Crippen LogP contribution < -0.4 is 5.32 Å². The predicted molar refractivity (Wildman–Crippen MR) is 74.0 cm³/mol. The van der Waals surface area contributed by atoms with Gasteiger partial charge in [-0.15, -0.1) is 0 Å². The number of nitrogens with one attached hydrogen (secondary N) is 1. The molecule has 19 heavy (non-hydrogen) atoms. The molecule has 0 saturated carbocycles. The van der Waals surface area contributed by atoms with Crippen LogP contribution in [0.5, 0.6) is 0 Å². The van der Waals surface area contributed by atoms with E-state index < -0.39 is 0 Å². The molecular weight excluding hydrogens is 242 g/mol. The van der Waals surface area contributed by atoms with E-state index in [0.29, 0.717) is 18.3 Å². The number of para-hydroxylation sites is 1. The molecule has 1 aromatic heterocycles. The Morgan fingerprint density at radius 1 is 1.37 bits per heavy atom. The van der Waals surface area contributed by atoms with E-state index in [2.05, 4.69) is 22.4 Å². The summed E-state index contributed by atoms with van der Waals surface area (Å²) in [4.78, 5) is 4.27. The van der Waals surface area contributed by atoms with Crippen molar-refractivity contribution in [3.05, 3.63) is 30.1 Å². The number of rotatable bonds is 6. The Hall–Kier alpha value is -1.88. The Bertz CT molecular complexity index is 525. The van der Waals surface area contributed by atoms with Gasteiger partial charge in [0.25, 0.3) is 5.89 Å². The molecule has 0 saturated heterocycles. The summed E-state index contributed by atoms with van der Waals surface area (Å²) in [5.74, 6) is 1.17. The highest BCUT2D eigenvalue weighted by molar-refractivity contribution is 5.72. The number of methoxy groups -OCH3 is 1. The van der Waals surface area contributed by atoms with Crippen molar-refractivity contribution in [3.63, 3.8) is 0 Å². The Labute approximate surface area is 113 Å². The molecule has 0 bridgehead atoms. The van der Waals surface area contributed by atoms with Crippen LogP contribution in [-0.2, 0) is 4.74 Å². The average Bonchev–Trinajstić information content (AvgIpc) is 2.85. The lowest BCUT2D eigenvalue weighted by Gasteiger charge is -2.18. The van der Waals surface area contributed by atoms with Gasteiger partial charge in [0, 0.05) is 18.8 Å². The van der Waals surface area contributed by atoms with Crippen molar-refractivity contribution >= 4 is 5.69 Å². The minimum atomic E-state index is 0.259. The zero-order valence-electron chi connectivity index (χ0n) is 11.5. The molecule has 2 aromatic rings. The normalized spacial score (nSPS) is 12.4. The molecule has 0 amide bonds. The molecule has 0 spiro atoms. The molecule has 0 fully saturated rings. The summed E-state index contributed by atoms with van der Waals surface area (Å²) in [5, 5.41) is 7.28. The number of aromatic nitrogens is 2. The van der Waals surface area contributed by atoms with Crippen LogP contribution in [0.4, 0.5) is 5.69 Å². The van der Waals surface area contributed by atoms with Gasteiger partial charge in [-0.05, 0) is 25.5 Å². The van der Waals surface area contributed by atoms with Crippen LogP contribution in [0.2, 0.25) is 0 Å². The van der Waals surface area contributed by atoms with Gasteiger partial charge in [-0.2, -0.15) is 4.98 Å². The lowest BCUT2D eigenvalue weighted by Crippen LogP contribution is -2.24. The molecular formula is C14H19N3O2. The second-order valence-corrected chi connectivity index (χ2v) is 4.40. The first-order valence-electron chi connectivity index (χ1n) is 6.39. The maximum atomic E-state index is 5.23. The topological polar surface area (TPSA) is 60.2 Å². The molecule has 102 valence electrons. The SMILES string of the molecule is CCC(COC)Nc1ccccc1-c1nc(C)no1. The number of nitrogens with zero attached hydrogens (tertiary/aromatic N) is 2. The summed E-state index contributed by atoms with van der Waals surface area (Å²) in [6.07, 6.45) is 0.977. The number of benzene rings is 1. The van der Waals surface area contributed by atoms with Gasteiger partial charge in [0.05, 0.1) is 12.2 Å². The summed E-state index contributed by atoms with van der Waals surface area (Å²) >= 11 is 0. The van der Waals surface area contributed by atoms with Gasteiger partial charge in [-0.25, -0.2) is 0 Å². The molecule has 1 aromatic carbocycles. The molecule has 5 nitrogen and oxygen atoms in total. The first-order chi connectivity index (χ1) is 9.24. The molecule has 1 unspecified atom stereocenters. The summed E-state index contributed by atoms with van der Waals surface area (Å²) in [6, 6.07) is 8.17. The second-order valence-electron chi connectivity index (χ2n) is 4.40. The minimum absolute atomic E-state index is 0.259. The number of aryl methyl sites for hydroxylation is 1. The summed E-state index contributed by atoms with van der Waals surface area (Å²) in [5.41, 5.74) is 1.90. The largest absolute Gasteiger partial charge is 0.383 e. The Balaban J connectivity index is 2.25. The van der Waals surface area contributed by atoms with Crippen molar-refractivity contribution in [2.45, 2.75) is 26.3 Å². The zero-order valence-corrected chi connectivity index (χ0v) is 11.5. The van der Waals surface area contributed by atoms with Crippen molar-refractivity contribution in [2.75, 3.05) is 19.0 Å². The van der Waals surface area contributed by atoms with Crippen LogP contribution >= 0.6 is 0 Å². The van der Waals surface area contributed by atoms with Crippen molar-refractivity contribution in [2.24, 2.45) is 0 Å². The lowest BCUT2D eigenvalue weighted by molar-refractivity contribution is 0.184. The number of hydrogen-bond acceptors (Lipinski definition) is 5. The van der Waals surface area contributed by atoms with E-state index in [1.165, 1.54) is 0 Å². The number of anilines is 1. The fourth-order valence-electron chi connectivity index (χ4n) is 1.88. The Kier molecular flexibility index (Phi) is 4.52. The van der Waals surface area contributed by atoms with Gasteiger partial charge in [0.2, 0.25) is 0 Å². The van der Waals surface area contributed by atoms with Crippen molar-refractivity contribution < 1.29 is 9.26 Å². The third-order valence-electron chi connectivity index (χ3n) is 2.91. The van der Waals surface area contributed by atoms with Crippen LogP contribution in [-0.4, -0.2) is 29.9 Å². The standard InChI is InChI=1S/C14H19N3O2/c1-4-11(9-18-3)16-13-8-6-5-7-12(13)14-15-10(2)17-19-14/h5-8,11,16H,4,9H2,1-3H3. The monoisotopic (exact) mass is 261 g/mol. The maximum absolute atomic E-state index is 5.23. The van der Waals surface area contributed by atoms with Gasteiger partial charge >= 0.3 is 0 Å². The Morgan fingerprint density at radius 2 is 2.16 bits per heavy atom. The molecule has 0 radical (unpaired) electrons. The van der Waals surface area contributed by atoms with E-state index in [4.69, 9.17) is 9.26 Å². The number of hydrogen-bond donors (Lipinski definition) is 1. The van der Waals surface area contributed by atoms with Crippen LogP contribution in [0, 0.1) is 6.92 Å². The van der Waals surface area contributed by atoms with Gasteiger partial charge in [0.1, 0.15) is 0 Å². The van der Waals surface area contributed by atoms with Crippen LogP contribution in [0.15, 0.2) is 28.8 Å². The lowest BCUT2D eigenvalue weighted by atomic mass is 10.1. The second kappa shape index (κ2) is 6.33. The molecule has 1 heterocycles. The predicted octanol–water partition coefficient (Wildman–Crippen LogP) is 2.88. The van der Waals surface area contributed by atoms with Crippen molar-refractivity contribution in [1.82, 2.24) is 10.1 Å². The highest BCUT2D eigenvalue weighted by atomic mass is 16.5. The highest BCUT2D eigenvalue weighted by Gasteiger charge is 2.13. The quantitative estimate of drug-likeness (QED) is 0.866. The van der Waals surface area contributed by atoms with Crippen LogP contribution in [0.25, 0.3) is 11.5 Å². The summed E-state index contributed by atoms with van der Waals surface area (Å²) < 4.78 is 10.4. The van der Waals surface area contributed by atoms with E-state index >= 15 is 0 Å². The maximum Gasteiger partial charge on any atom is 0.260 e. The van der Waals surface area contributed by atoms with Crippen LogP contribution in [0.3, 0.4) is 0 Å². The molecule has 1 N–H and O–H groups in total. The molecule has 0 aliphatic heterocycles. The van der Waals surface area contributed by atoms with Crippen molar-refractivity contribution in [1.29, 1.82) is 0 Å². The first kappa shape index (κ1) is 13.5. The molecule has 0 aliphatic rings. The summed E-state index contributed by atoms with van der Waals surface area (Å²) in [6.45, 7) is 4.59. The van der Waals surface area contributed by atoms with Gasteiger partial charge in [-0.1, -0.05) is 24.2 Å². The zero-order chi connectivity index (χ0) is 13.7. The fourth-order valence-corrected chi connectivity index (χ4v) is 1.88. The van der Waals surface area contributed by atoms with Crippen LogP contribution in [0.1, 0.15) is 19.2 Å². The van der Waals surface area contributed by atoms with Gasteiger partial charge in [-0.3, -0.25) is 0 Å². The highest BCUT2D eigenvalue weighted by Crippen LogP contribution is 2.27. The molecule has 5 heteroatoms. The third kappa shape index (κ3) is 3.32. The average molecular weight is 261 g/mol. The first-order valence-corrected chi connectivity index (χ1v) is 6.39. The molecule has 1 atom stereocenters. The Morgan fingerprint density at radius 3 is 2.79 bits per heavy atom. The van der Waals surface area contributed by atoms with E-state index in [9.17, 15) is 0 Å². The van der Waals surface area contributed by atoms with E-state index in [1.54, 1.807) is 7.11 Å². The van der Waals surface area contributed by atoms with E-state index in [1.807, 2.05) is 31.2 Å². The van der Waals surface area contributed by atoms with Crippen molar-refractivity contribution in [3.8, 4) is 11.5 Å². The number of ether oxygens (including phenoxy) is 1. The van der Waals surface area contributed by atoms with E-state index in [-0.39, 0.29) is 6.04 Å². The molecule has 2 rings (SSSR count). The molecule has 0 aliphatic carbocycles. The fraction of sp³-hybridized carbons (Fsp3) is 0.429. The third-order valence-corrected chi connectivity index (χ3v) is 2.91. The smallest absolute Gasteiger partial charge is 0.260 e. The van der Waals surface area contributed by atoms with Gasteiger partial charge < -0.3 is 14.6 Å². The summed E-state index contributed by atoms with van der Waals surface area (Å²) in [7, 11) is 1.71.